The van der Waals surface area contributed by atoms with Crippen LogP contribution in [0.15, 0.2) is 12.5 Å². The third-order valence-corrected chi connectivity index (χ3v) is 4.23. The van der Waals surface area contributed by atoms with Crippen LogP contribution in [-0.2, 0) is 27.9 Å². The largest absolute Gasteiger partial charge is 0.480 e. The molecule has 1 heterocycles. The predicted molar refractivity (Wildman–Crippen MR) is 97.4 cm³/mol. The van der Waals surface area contributed by atoms with Crippen LogP contribution in [0.2, 0.25) is 0 Å². The van der Waals surface area contributed by atoms with Crippen LogP contribution in [0.3, 0.4) is 0 Å². The second-order valence-electron chi connectivity index (χ2n) is 7.88. The Morgan fingerprint density at radius 3 is 2.38 bits per heavy atom. The molecule has 8 heteroatoms. The van der Waals surface area contributed by atoms with Gasteiger partial charge in [0.05, 0.1) is 12.0 Å². The van der Waals surface area contributed by atoms with E-state index in [2.05, 4.69) is 10.3 Å². The molecule has 0 saturated heterocycles. The van der Waals surface area contributed by atoms with Crippen molar-refractivity contribution in [2.75, 3.05) is 7.05 Å². The fourth-order valence-corrected chi connectivity index (χ4v) is 2.50. The third kappa shape index (κ3) is 6.85. The van der Waals surface area contributed by atoms with Crippen molar-refractivity contribution in [2.45, 2.75) is 59.0 Å². The molecule has 0 radical (unpaired) electrons. The van der Waals surface area contributed by atoms with E-state index >= 15 is 0 Å². The number of carboxylic acid groups (broad SMARTS) is 1. The molecule has 2 atom stereocenters. The quantitative estimate of drug-likeness (QED) is 0.719. The van der Waals surface area contributed by atoms with Gasteiger partial charge >= 0.3 is 5.97 Å². The lowest BCUT2D eigenvalue weighted by molar-refractivity contribution is -0.144. The maximum absolute atomic E-state index is 12.7. The highest BCUT2D eigenvalue weighted by Gasteiger charge is 2.30. The normalized spacial score (nSPS) is 13.8. The Kier molecular flexibility index (Phi) is 7.35. The minimum absolute atomic E-state index is 0.0397. The average Bonchev–Trinajstić information content (AvgIpc) is 2.92. The molecule has 2 amide bonds. The summed E-state index contributed by atoms with van der Waals surface area (Å²) in [4.78, 5) is 41.5. The van der Waals surface area contributed by atoms with Gasteiger partial charge in [-0.05, 0) is 18.3 Å². The second kappa shape index (κ2) is 8.82. The van der Waals surface area contributed by atoms with Crippen LogP contribution in [-0.4, -0.2) is 56.5 Å². The van der Waals surface area contributed by atoms with E-state index in [4.69, 9.17) is 0 Å². The van der Waals surface area contributed by atoms with Crippen LogP contribution in [0.4, 0.5) is 0 Å². The number of aliphatic carboxylic acids is 1. The van der Waals surface area contributed by atoms with Gasteiger partial charge in [-0.3, -0.25) is 9.59 Å². The fraction of sp³-hybridized carbons (Fsp3) is 0.667. The lowest BCUT2D eigenvalue weighted by Gasteiger charge is -2.28. The van der Waals surface area contributed by atoms with Gasteiger partial charge in [-0.2, -0.15) is 0 Å². The number of aromatic nitrogens is 2. The number of imidazole rings is 1. The first kappa shape index (κ1) is 21.7. The Hall–Kier alpha value is -2.38. The van der Waals surface area contributed by atoms with Gasteiger partial charge in [-0.15, -0.1) is 0 Å². The number of likely N-dealkylation sites (N-methyl/N-ethyl adjacent to an activating group) is 1. The van der Waals surface area contributed by atoms with Crippen LogP contribution >= 0.6 is 0 Å². The third-order valence-electron chi connectivity index (χ3n) is 4.23. The summed E-state index contributed by atoms with van der Waals surface area (Å²) in [6, 6.07) is -1.81. The van der Waals surface area contributed by atoms with Crippen molar-refractivity contribution in [3.05, 3.63) is 18.2 Å². The summed E-state index contributed by atoms with van der Waals surface area (Å²) in [5, 5.41) is 12.0. The number of hydrogen-bond acceptors (Lipinski definition) is 4. The average molecular weight is 366 g/mol. The summed E-state index contributed by atoms with van der Waals surface area (Å²) in [7, 11) is 3.34. The molecule has 0 aliphatic rings. The van der Waals surface area contributed by atoms with E-state index in [9.17, 15) is 19.5 Å². The molecule has 1 rings (SSSR count). The number of rotatable bonds is 8. The van der Waals surface area contributed by atoms with Gasteiger partial charge in [0.15, 0.2) is 0 Å². The van der Waals surface area contributed by atoms with Gasteiger partial charge in [-0.25, -0.2) is 9.78 Å². The van der Waals surface area contributed by atoms with Crippen LogP contribution in [0.1, 0.15) is 46.2 Å². The van der Waals surface area contributed by atoms with Crippen molar-refractivity contribution in [2.24, 2.45) is 12.5 Å². The first-order valence-corrected chi connectivity index (χ1v) is 8.64. The maximum Gasteiger partial charge on any atom is 0.326 e. The molecule has 146 valence electrons. The number of aryl methyl sites for hydroxylation is 1. The number of amides is 2. The van der Waals surface area contributed by atoms with Gasteiger partial charge in [0, 0.05) is 33.6 Å². The van der Waals surface area contributed by atoms with Gasteiger partial charge in [0.2, 0.25) is 11.8 Å². The van der Waals surface area contributed by atoms with Crippen LogP contribution in [0.5, 0.6) is 0 Å². The summed E-state index contributed by atoms with van der Waals surface area (Å²) in [5.41, 5.74) is 0.615. The Bertz CT molecular complexity index is 648. The van der Waals surface area contributed by atoms with Crippen molar-refractivity contribution < 1.29 is 19.5 Å². The Morgan fingerprint density at radius 2 is 1.96 bits per heavy atom. The lowest BCUT2D eigenvalue weighted by atomic mass is 9.88. The standard InChI is InChI=1S/C18H30N4O4/c1-12(23)22(6)15(9-13-10-21(5)11-19-13)16(24)20-14(17(25)26)7-8-18(2,3)4/h10-11,14-15H,7-9H2,1-6H3,(H,20,24)(H,25,26)/t14-,15-/m0/s1. The smallest absolute Gasteiger partial charge is 0.326 e. The number of carboxylic acids is 1. The minimum atomic E-state index is -1.08. The maximum atomic E-state index is 12.7. The Balaban J connectivity index is 2.91. The summed E-state index contributed by atoms with van der Waals surface area (Å²) >= 11 is 0. The number of hydrogen-bond donors (Lipinski definition) is 2. The zero-order chi connectivity index (χ0) is 20.1. The van der Waals surface area contributed by atoms with Gasteiger partial charge in [0.25, 0.3) is 0 Å². The first-order chi connectivity index (χ1) is 11.9. The molecular weight excluding hydrogens is 336 g/mol. The highest BCUT2D eigenvalue weighted by Crippen LogP contribution is 2.22. The summed E-state index contributed by atoms with van der Waals surface area (Å²) in [6.07, 6.45) is 4.57. The van der Waals surface area contributed by atoms with Gasteiger partial charge < -0.3 is 19.9 Å². The first-order valence-electron chi connectivity index (χ1n) is 8.64. The second-order valence-corrected chi connectivity index (χ2v) is 7.88. The molecule has 1 aromatic rings. The van der Waals surface area contributed by atoms with Crippen molar-refractivity contribution >= 4 is 17.8 Å². The zero-order valence-corrected chi connectivity index (χ0v) is 16.4. The van der Waals surface area contributed by atoms with Crippen molar-refractivity contribution in [1.29, 1.82) is 0 Å². The molecular formula is C18H30N4O4. The molecule has 0 spiro atoms. The number of nitrogens with zero attached hydrogens (tertiary/aromatic N) is 3. The predicted octanol–water partition coefficient (Wildman–Crippen LogP) is 1.21. The molecule has 0 aliphatic carbocycles. The van der Waals surface area contributed by atoms with Gasteiger partial charge in [-0.1, -0.05) is 20.8 Å². The SMILES string of the molecule is CC(=O)N(C)[C@@H](Cc1cn(C)cn1)C(=O)N[C@@H](CCC(C)(C)C)C(=O)O. The van der Waals surface area contributed by atoms with E-state index in [1.54, 1.807) is 17.1 Å². The molecule has 0 fully saturated rings. The van der Waals surface area contributed by atoms with E-state index < -0.39 is 24.0 Å². The summed E-state index contributed by atoms with van der Waals surface area (Å²) in [5.74, 6) is -1.85. The molecule has 0 aromatic carbocycles. The molecule has 0 saturated carbocycles. The highest BCUT2D eigenvalue weighted by molar-refractivity contribution is 5.90. The van der Waals surface area contributed by atoms with Crippen molar-refractivity contribution in [3.63, 3.8) is 0 Å². The Morgan fingerprint density at radius 1 is 1.35 bits per heavy atom. The van der Waals surface area contributed by atoms with Crippen LogP contribution in [0.25, 0.3) is 0 Å². The molecule has 2 N–H and O–H groups in total. The molecule has 8 nitrogen and oxygen atoms in total. The van der Waals surface area contributed by atoms with Crippen molar-refractivity contribution in [3.8, 4) is 0 Å². The van der Waals surface area contributed by atoms with E-state index in [1.165, 1.54) is 18.9 Å². The van der Waals surface area contributed by atoms with E-state index in [1.807, 2.05) is 27.8 Å². The molecule has 26 heavy (non-hydrogen) atoms. The minimum Gasteiger partial charge on any atom is -0.480 e. The van der Waals surface area contributed by atoms with E-state index in [-0.39, 0.29) is 17.7 Å². The molecule has 0 unspecified atom stereocenters. The monoisotopic (exact) mass is 366 g/mol. The fourth-order valence-electron chi connectivity index (χ4n) is 2.50. The summed E-state index contributed by atoms with van der Waals surface area (Å²) in [6.45, 7) is 7.41. The number of carbonyl (C=O) groups excluding carboxylic acids is 2. The highest BCUT2D eigenvalue weighted by atomic mass is 16.4. The van der Waals surface area contributed by atoms with E-state index in [0.717, 1.165) is 0 Å². The summed E-state index contributed by atoms with van der Waals surface area (Å²) < 4.78 is 1.75. The zero-order valence-electron chi connectivity index (χ0n) is 16.4. The topological polar surface area (TPSA) is 105 Å². The van der Waals surface area contributed by atoms with Gasteiger partial charge in [0.1, 0.15) is 12.1 Å². The Labute approximate surface area is 154 Å². The van der Waals surface area contributed by atoms with Crippen LogP contribution in [0, 0.1) is 5.41 Å². The molecule has 0 aliphatic heterocycles. The van der Waals surface area contributed by atoms with Crippen molar-refractivity contribution in [1.82, 2.24) is 19.8 Å². The number of carbonyl (C=O) groups is 3. The lowest BCUT2D eigenvalue weighted by Crippen LogP contribution is -2.52. The molecule has 0 bridgehead atoms. The number of nitrogens with one attached hydrogen (secondary N) is 1. The van der Waals surface area contributed by atoms with E-state index in [0.29, 0.717) is 18.5 Å². The van der Waals surface area contributed by atoms with Crippen LogP contribution < -0.4 is 5.32 Å². The molecule has 1 aromatic heterocycles.